The van der Waals surface area contributed by atoms with Crippen molar-refractivity contribution in [3.05, 3.63) is 60.2 Å². The van der Waals surface area contributed by atoms with E-state index in [1.54, 1.807) is 6.20 Å². The van der Waals surface area contributed by atoms with Gasteiger partial charge in [-0.3, -0.25) is 14.6 Å². The zero-order valence-corrected chi connectivity index (χ0v) is 11.8. The van der Waals surface area contributed by atoms with Gasteiger partial charge in [0.15, 0.2) is 6.04 Å². The maximum absolute atomic E-state index is 13.0. The van der Waals surface area contributed by atoms with E-state index in [1.807, 2.05) is 23.5 Å². The van der Waals surface area contributed by atoms with Gasteiger partial charge in [0.1, 0.15) is 12.4 Å². The number of carbonyl (C=O) groups excluding carboxylic acids is 2. The molecule has 1 aliphatic rings. The van der Waals surface area contributed by atoms with Gasteiger partial charge in [0.05, 0.1) is 17.8 Å². The quantitative estimate of drug-likeness (QED) is 0.842. The highest BCUT2D eigenvalue weighted by atomic mass is 19.1. The van der Waals surface area contributed by atoms with Crippen LogP contribution in [0.4, 0.5) is 10.1 Å². The number of halogens is 1. The van der Waals surface area contributed by atoms with Gasteiger partial charge in [-0.2, -0.15) is 0 Å². The second kappa shape index (κ2) is 6.03. The Morgan fingerprint density at radius 2 is 1.95 bits per heavy atom. The summed E-state index contributed by atoms with van der Waals surface area (Å²) in [6.07, 6.45) is 1.83. The van der Waals surface area contributed by atoms with Gasteiger partial charge in [-0.1, -0.05) is 6.07 Å². The number of imide groups is 1. The first kappa shape index (κ1) is 14.3. The molecule has 22 heavy (non-hydrogen) atoms. The van der Waals surface area contributed by atoms with Crippen molar-refractivity contribution >= 4 is 17.5 Å². The summed E-state index contributed by atoms with van der Waals surface area (Å²) in [6, 6.07) is 10.5. The van der Waals surface area contributed by atoms with Crippen molar-refractivity contribution in [2.45, 2.75) is 19.0 Å². The molecule has 1 aromatic heterocycles. The van der Waals surface area contributed by atoms with Crippen LogP contribution in [-0.2, 0) is 16.1 Å². The predicted molar refractivity (Wildman–Crippen MR) is 77.2 cm³/mol. The highest BCUT2D eigenvalue weighted by Crippen LogP contribution is 2.21. The summed E-state index contributed by atoms with van der Waals surface area (Å²) >= 11 is 0. The molecule has 1 aromatic carbocycles. The van der Waals surface area contributed by atoms with E-state index in [-0.39, 0.29) is 18.2 Å². The lowest BCUT2D eigenvalue weighted by molar-refractivity contribution is -0.690. The number of aromatic nitrogens is 1. The third-order valence-corrected chi connectivity index (χ3v) is 3.60. The van der Waals surface area contributed by atoms with Crippen LogP contribution in [0.15, 0.2) is 48.7 Å². The maximum atomic E-state index is 13.0. The summed E-state index contributed by atoms with van der Waals surface area (Å²) in [5.41, 5.74) is 1.26. The van der Waals surface area contributed by atoms with Gasteiger partial charge < -0.3 is 5.32 Å². The molecule has 0 unspecified atom stereocenters. The van der Waals surface area contributed by atoms with Crippen LogP contribution in [0.25, 0.3) is 0 Å². The van der Waals surface area contributed by atoms with Crippen molar-refractivity contribution in [1.29, 1.82) is 0 Å². The SMILES string of the molecule is O=C1C[C@@H]([NH2+]Cc2ccccn2)C(=O)N1c1ccc(F)cc1. The van der Waals surface area contributed by atoms with E-state index in [0.29, 0.717) is 12.2 Å². The zero-order chi connectivity index (χ0) is 15.5. The van der Waals surface area contributed by atoms with E-state index in [9.17, 15) is 14.0 Å². The summed E-state index contributed by atoms with van der Waals surface area (Å²) in [5, 5.41) is 1.81. The van der Waals surface area contributed by atoms with Crippen LogP contribution >= 0.6 is 0 Å². The summed E-state index contributed by atoms with van der Waals surface area (Å²) < 4.78 is 13.0. The van der Waals surface area contributed by atoms with Crippen LogP contribution in [0.2, 0.25) is 0 Å². The Kier molecular flexibility index (Phi) is 3.93. The summed E-state index contributed by atoms with van der Waals surface area (Å²) in [5.74, 6) is -0.937. The summed E-state index contributed by atoms with van der Waals surface area (Å²) in [4.78, 5) is 29.8. The molecule has 5 nitrogen and oxygen atoms in total. The predicted octanol–water partition coefficient (Wildman–Crippen LogP) is 0.616. The molecule has 1 atom stereocenters. The lowest BCUT2D eigenvalue weighted by atomic mass is 10.2. The Bertz CT molecular complexity index is 688. The summed E-state index contributed by atoms with van der Waals surface area (Å²) in [7, 11) is 0. The fourth-order valence-electron chi connectivity index (χ4n) is 2.48. The Morgan fingerprint density at radius 3 is 2.64 bits per heavy atom. The highest BCUT2D eigenvalue weighted by Gasteiger charge is 2.42. The van der Waals surface area contributed by atoms with E-state index in [4.69, 9.17) is 0 Å². The molecule has 1 saturated heterocycles. The minimum absolute atomic E-state index is 0.142. The highest BCUT2D eigenvalue weighted by molar-refractivity contribution is 6.21. The number of carbonyl (C=O) groups is 2. The molecular weight excluding hydrogens is 285 g/mol. The Hall–Kier alpha value is -2.60. The van der Waals surface area contributed by atoms with E-state index in [0.717, 1.165) is 10.6 Å². The molecule has 2 aromatic rings. The Morgan fingerprint density at radius 1 is 1.18 bits per heavy atom. The average molecular weight is 300 g/mol. The van der Waals surface area contributed by atoms with Gasteiger partial charge in [0.2, 0.25) is 5.91 Å². The first-order valence-electron chi connectivity index (χ1n) is 7.01. The Labute approximate surface area is 126 Å². The molecule has 0 bridgehead atoms. The number of hydrogen-bond donors (Lipinski definition) is 1. The van der Waals surface area contributed by atoms with Gasteiger partial charge in [-0.15, -0.1) is 0 Å². The number of quaternary nitrogens is 1. The lowest BCUT2D eigenvalue weighted by Gasteiger charge is -2.14. The van der Waals surface area contributed by atoms with Gasteiger partial charge in [-0.25, -0.2) is 9.29 Å². The van der Waals surface area contributed by atoms with E-state index < -0.39 is 11.9 Å². The molecule has 2 N–H and O–H groups in total. The molecule has 2 heterocycles. The second-order valence-corrected chi connectivity index (χ2v) is 5.12. The van der Waals surface area contributed by atoms with Crippen molar-refractivity contribution in [2.75, 3.05) is 4.90 Å². The second-order valence-electron chi connectivity index (χ2n) is 5.12. The molecule has 2 amide bonds. The molecule has 0 spiro atoms. The van der Waals surface area contributed by atoms with Crippen molar-refractivity contribution in [3.63, 3.8) is 0 Å². The molecule has 3 rings (SSSR count). The van der Waals surface area contributed by atoms with Crippen LogP contribution in [0.1, 0.15) is 12.1 Å². The fourth-order valence-corrected chi connectivity index (χ4v) is 2.48. The normalized spacial score (nSPS) is 18.0. The zero-order valence-electron chi connectivity index (χ0n) is 11.8. The largest absolute Gasteiger partial charge is 0.331 e. The summed E-state index contributed by atoms with van der Waals surface area (Å²) in [6.45, 7) is 0.530. The van der Waals surface area contributed by atoms with E-state index in [2.05, 4.69) is 4.98 Å². The van der Waals surface area contributed by atoms with Crippen LogP contribution in [0.5, 0.6) is 0 Å². The molecular formula is C16H15FN3O2+. The molecule has 1 fully saturated rings. The standard InChI is InChI=1S/C16H14FN3O2/c17-11-4-6-13(7-5-11)20-15(21)9-14(16(20)22)19-10-12-3-1-2-8-18-12/h1-8,14,19H,9-10H2/p+1/t14-/m1/s1. The Balaban J connectivity index is 1.70. The van der Waals surface area contributed by atoms with Crippen molar-refractivity contribution in [1.82, 2.24) is 4.98 Å². The first-order chi connectivity index (χ1) is 10.6. The number of benzene rings is 1. The minimum Gasteiger partial charge on any atom is -0.331 e. The van der Waals surface area contributed by atoms with Crippen molar-refractivity contribution in [2.24, 2.45) is 0 Å². The molecule has 0 aliphatic carbocycles. The van der Waals surface area contributed by atoms with Gasteiger partial charge in [0, 0.05) is 6.20 Å². The number of pyridine rings is 1. The number of nitrogens with zero attached hydrogens (tertiary/aromatic N) is 2. The van der Waals surface area contributed by atoms with E-state index in [1.165, 1.54) is 24.3 Å². The number of amides is 2. The number of anilines is 1. The van der Waals surface area contributed by atoms with Crippen LogP contribution in [0.3, 0.4) is 0 Å². The van der Waals surface area contributed by atoms with Crippen molar-refractivity contribution < 1.29 is 19.3 Å². The maximum Gasteiger partial charge on any atom is 0.292 e. The molecule has 1 aliphatic heterocycles. The van der Waals surface area contributed by atoms with Gasteiger partial charge in [-0.05, 0) is 36.4 Å². The van der Waals surface area contributed by atoms with Crippen LogP contribution < -0.4 is 10.2 Å². The van der Waals surface area contributed by atoms with Gasteiger partial charge in [0.25, 0.3) is 5.91 Å². The van der Waals surface area contributed by atoms with Crippen molar-refractivity contribution in [3.8, 4) is 0 Å². The molecule has 112 valence electrons. The third kappa shape index (κ3) is 2.87. The smallest absolute Gasteiger partial charge is 0.292 e. The minimum atomic E-state index is -0.459. The van der Waals surface area contributed by atoms with Crippen LogP contribution in [0, 0.1) is 5.82 Å². The number of rotatable bonds is 4. The monoisotopic (exact) mass is 300 g/mol. The third-order valence-electron chi connectivity index (χ3n) is 3.60. The number of hydrogen-bond acceptors (Lipinski definition) is 3. The van der Waals surface area contributed by atoms with E-state index >= 15 is 0 Å². The molecule has 0 radical (unpaired) electrons. The average Bonchev–Trinajstić information content (AvgIpc) is 2.82. The topological polar surface area (TPSA) is 66.9 Å². The molecule has 0 saturated carbocycles. The van der Waals surface area contributed by atoms with Crippen LogP contribution in [-0.4, -0.2) is 22.8 Å². The number of nitrogens with two attached hydrogens (primary N) is 1. The lowest BCUT2D eigenvalue weighted by Crippen LogP contribution is -2.90. The fraction of sp³-hybridized carbons (Fsp3) is 0.188. The first-order valence-corrected chi connectivity index (χ1v) is 7.01. The molecule has 6 heteroatoms. The van der Waals surface area contributed by atoms with Gasteiger partial charge >= 0.3 is 0 Å².